The van der Waals surface area contributed by atoms with Gasteiger partial charge in [0.1, 0.15) is 5.82 Å². The van der Waals surface area contributed by atoms with Crippen LogP contribution < -0.4 is 31.6 Å². The molecule has 0 saturated carbocycles. The van der Waals surface area contributed by atoms with Gasteiger partial charge in [-0.1, -0.05) is 26.0 Å². The number of carbonyl (C=O) groups excluding carboxylic acids is 1. The Morgan fingerprint density at radius 1 is 1.17 bits per heavy atom. The molecule has 13 nitrogen and oxygen atoms in total. The smallest absolute Gasteiger partial charge is 0.338 e. The third kappa shape index (κ3) is 12.9. The van der Waals surface area contributed by atoms with E-state index in [0.29, 0.717) is 22.5 Å². The maximum Gasteiger partial charge on any atom is 0.338 e. The highest BCUT2D eigenvalue weighted by molar-refractivity contribution is 7.92. The Hall–Kier alpha value is -3.66. The van der Waals surface area contributed by atoms with Crippen LogP contribution in [-0.4, -0.2) is 79.1 Å². The second-order valence-corrected chi connectivity index (χ2v) is 11.8. The molecule has 0 amide bonds. The van der Waals surface area contributed by atoms with E-state index in [-0.39, 0.29) is 24.2 Å². The van der Waals surface area contributed by atoms with E-state index in [1.165, 1.54) is 43.5 Å². The highest BCUT2D eigenvalue weighted by Gasteiger charge is 2.22. The molecule has 0 aliphatic rings. The molecule has 2 rings (SSSR count). The van der Waals surface area contributed by atoms with Crippen LogP contribution in [0.3, 0.4) is 0 Å². The number of nitrogens with one attached hydrogen (secondary N) is 1. The van der Waals surface area contributed by atoms with Crippen molar-refractivity contribution in [3.05, 3.63) is 47.4 Å². The molecule has 1 aromatic heterocycles. The monoisotopic (exact) mass is 611 g/mol. The Kier molecular flexibility index (Phi) is 15.0. The second-order valence-electron chi connectivity index (χ2n) is 9.83. The van der Waals surface area contributed by atoms with Gasteiger partial charge in [0.25, 0.3) is 0 Å². The number of benzene rings is 1. The Morgan fingerprint density at radius 2 is 1.79 bits per heavy atom. The fourth-order valence-corrected chi connectivity index (χ4v) is 3.92. The summed E-state index contributed by atoms with van der Waals surface area (Å²) in [6, 6.07) is 5.46. The van der Waals surface area contributed by atoms with Crippen LogP contribution in [0.4, 0.5) is 10.3 Å². The number of hydrogen-bond donors (Lipinski definition) is 6. The van der Waals surface area contributed by atoms with Crippen molar-refractivity contribution in [3.63, 3.8) is 0 Å². The van der Waals surface area contributed by atoms with Crippen molar-refractivity contribution < 1.29 is 37.9 Å². The summed E-state index contributed by atoms with van der Waals surface area (Å²) in [6.45, 7) is 5.24. The Bertz CT molecular complexity index is 1320. The van der Waals surface area contributed by atoms with Crippen molar-refractivity contribution in [2.45, 2.75) is 57.7 Å². The third-order valence-corrected chi connectivity index (χ3v) is 6.93. The lowest BCUT2D eigenvalue weighted by Crippen LogP contribution is -2.78. The normalized spacial score (nSPS) is 12.9. The van der Waals surface area contributed by atoms with Gasteiger partial charge in [-0.25, -0.2) is 27.1 Å². The summed E-state index contributed by atoms with van der Waals surface area (Å²) in [5.74, 6) is -1.85. The number of aliphatic hydroxyl groups excluding tert-OH is 2. The molecule has 9 N–H and O–H groups in total. The van der Waals surface area contributed by atoms with Gasteiger partial charge >= 0.3 is 5.96 Å². The van der Waals surface area contributed by atoms with Crippen LogP contribution in [0.15, 0.2) is 30.3 Å². The van der Waals surface area contributed by atoms with Gasteiger partial charge in [-0.05, 0) is 49.6 Å². The SMILES string of the molecule is CC(C)c1nc(N(C)S(C)(=O)=O)nc(-c2ccc(F)cc2)c1/C=C/[C@H](O)C[C@@H](O)CC(=O)[O-].NCCCC[NH+]=C(N)N. The molecule has 0 unspecified atom stereocenters. The average molecular weight is 612 g/mol. The van der Waals surface area contributed by atoms with Crippen molar-refractivity contribution in [2.24, 2.45) is 17.2 Å². The maximum atomic E-state index is 13.5. The van der Waals surface area contributed by atoms with E-state index < -0.39 is 40.4 Å². The number of carboxylic acids is 1. The highest BCUT2D eigenvalue weighted by Crippen LogP contribution is 2.31. The largest absolute Gasteiger partial charge is 0.550 e. The number of carbonyl (C=O) groups is 1. The molecule has 0 bridgehead atoms. The molecule has 0 aliphatic heterocycles. The Morgan fingerprint density at radius 3 is 2.29 bits per heavy atom. The molecule has 0 radical (unpaired) electrons. The summed E-state index contributed by atoms with van der Waals surface area (Å²) in [4.78, 5) is 22.2. The molecular weight excluding hydrogens is 569 g/mol. The first-order valence-electron chi connectivity index (χ1n) is 13.2. The molecule has 2 aromatic rings. The first-order chi connectivity index (χ1) is 19.6. The zero-order valence-corrected chi connectivity index (χ0v) is 25.1. The number of unbranched alkanes of at least 4 members (excludes halogenated alkanes) is 1. The molecule has 0 spiro atoms. The highest BCUT2D eigenvalue weighted by atomic mass is 32.2. The number of aliphatic hydroxyl groups is 2. The summed E-state index contributed by atoms with van der Waals surface area (Å²) < 4.78 is 38.6. The molecule has 1 aromatic carbocycles. The van der Waals surface area contributed by atoms with E-state index in [4.69, 9.17) is 17.2 Å². The average Bonchev–Trinajstić information content (AvgIpc) is 2.88. The lowest BCUT2D eigenvalue weighted by molar-refractivity contribution is -0.459. The van der Waals surface area contributed by atoms with Crippen molar-refractivity contribution in [1.82, 2.24) is 9.97 Å². The summed E-state index contributed by atoms with van der Waals surface area (Å²) in [6.07, 6.45) is 2.61. The molecule has 15 heteroatoms. The number of nitrogens with zero attached hydrogens (tertiary/aromatic N) is 3. The molecule has 42 heavy (non-hydrogen) atoms. The molecule has 0 fully saturated rings. The quantitative estimate of drug-likeness (QED) is 0.0787. The number of anilines is 1. The van der Waals surface area contributed by atoms with E-state index in [9.17, 15) is 32.9 Å². The Balaban J connectivity index is 0.000000844. The van der Waals surface area contributed by atoms with E-state index in [1.54, 1.807) is 0 Å². The summed E-state index contributed by atoms with van der Waals surface area (Å²) in [5, 5.41) is 30.6. The lowest BCUT2D eigenvalue weighted by atomic mass is 9.97. The predicted molar refractivity (Wildman–Crippen MR) is 158 cm³/mol. The topological polar surface area (TPSA) is 236 Å². The minimum absolute atomic E-state index is 0.0670. The molecule has 0 aliphatic carbocycles. The van der Waals surface area contributed by atoms with Gasteiger partial charge in [0.2, 0.25) is 16.0 Å². The molecular formula is C27H42FN7O6S. The molecule has 0 saturated heterocycles. The van der Waals surface area contributed by atoms with E-state index >= 15 is 0 Å². The second kappa shape index (κ2) is 17.3. The molecule has 2 atom stereocenters. The summed E-state index contributed by atoms with van der Waals surface area (Å²) in [7, 11) is -2.34. The van der Waals surface area contributed by atoms with Gasteiger partial charge in [0.15, 0.2) is 0 Å². The number of rotatable bonds is 14. The number of carboxylic acid groups (broad SMARTS) is 1. The number of guanidine groups is 1. The van der Waals surface area contributed by atoms with Crippen LogP contribution in [0.5, 0.6) is 0 Å². The van der Waals surface area contributed by atoms with Crippen molar-refractivity contribution >= 4 is 34.0 Å². The zero-order valence-electron chi connectivity index (χ0n) is 24.3. The zero-order chi connectivity index (χ0) is 32.0. The first-order valence-corrected chi connectivity index (χ1v) is 15.1. The van der Waals surface area contributed by atoms with Gasteiger partial charge < -0.3 is 25.8 Å². The standard InChI is InChI=1S/C22H28FN3O6S.C5H14N4/c1-13(2)20-18(10-9-16(27)11-17(28)12-19(29)30)21(14-5-7-15(23)8-6-14)25-22(24-20)26(3)33(4,31)32;6-3-1-2-4-9-5(7)8/h5-10,13,16-17,27-28H,11-12H2,1-4H3,(H,29,30);1-4,6H2,(H4,7,8,9)/b10-9+;/t16-,17+;/m0./s1. The van der Waals surface area contributed by atoms with Crippen LogP contribution >= 0.6 is 0 Å². The van der Waals surface area contributed by atoms with Crippen LogP contribution in [0.2, 0.25) is 0 Å². The minimum Gasteiger partial charge on any atom is -0.550 e. The molecule has 234 valence electrons. The number of hydrogen-bond acceptors (Lipinski definition) is 9. The van der Waals surface area contributed by atoms with Gasteiger partial charge in [-0.2, -0.15) is 0 Å². The lowest BCUT2D eigenvalue weighted by Gasteiger charge is -2.20. The Labute approximate surface area is 246 Å². The van der Waals surface area contributed by atoms with Gasteiger partial charge in [-0.3, -0.25) is 16.5 Å². The van der Waals surface area contributed by atoms with E-state index in [0.717, 1.165) is 36.5 Å². The van der Waals surface area contributed by atoms with Gasteiger partial charge in [0, 0.05) is 37.0 Å². The van der Waals surface area contributed by atoms with E-state index in [2.05, 4.69) is 15.0 Å². The van der Waals surface area contributed by atoms with Crippen LogP contribution in [0, 0.1) is 5.82 Å². The van der Waals surface area contributed by atoms with Gasteiger partial charge in [0.05, 0.1) is 36.4 Å². The van der Waals surface area contributed by atoms with Crippen LogP contribution in [0.1, 0.15) is 56.7 Å². The molecule has 1 heterocycles. The van der Waals surface area contributed by atoms with E-state index in [1.807, 2.05) is 13.8 Å². The fourth-order valence-electron chi connectivity index (χ4n) is 3.54. The maximum absolute atomic E-state index is 13.5. The van der Waals surface area contributed by atoms with Crippen molar-refractivity contribution in [1.29, 1.82) is 0 Å². The number of aromatic nitrogens is 2. The minimum atomic E-state index is -3.66. The first kappa shape index (κ1) is 36.4. The number of nitrogens with two attached hydrogens (primary N) is 3. The van der Waals surface area contributed by atoms with Crippen LogP contribution in [0.25, 0.3) is 17.3 Å². The van der Waals surface area contributed by atoms with Crippen molar-refractivity contribution in [2.75, 3.05) is 30.7 Å². The fraction of sp³-hybridized carbons (Fsp3) is 0.481. The number of aliphatic carboxylic acids is 1. The van der Waals surface area contributed by atoms with Crippen LogP contribution in [-0.2, 0) is 14.8 Å². The number of sulfonamides is 1. The van der Waals surface area contributed by atoms with Crippen molar-refractivity contribution in [3.8, 4) is 11.3 Å². The summed E-state index contributed by atoms with van der Waals surface area (Å²) in [5.41, 5.74) is 17.3. The van der Waals surface area contributed by atoms with Gasteiger partial charge in [-0.15, -0.1) is 0 Å². The predicted octanol–water partition coefficient (Wildman–Crippen LogP) is -1.85. The third-order valence-electron chi connectivity index (χ3n) is 5.77. The summed E-state index contributed by atoms with van der Waals surface area (Å²) >= 11 is 0. The number of halogens is 1.